The fourth-order valence-corrected chi connectivity index (χ4v) is 3.12. The molecule has 1 atom stereocenters. The fourth-order valence-electron chi connectivity index (χ4n) is 2.85. The fraction of sp³-hybridized carbons (Fsp3) is 0.250. The lowest BCUT2D eigenvalue weighted by Crippen LogP contribution is -2.46. The van der Waals surface area contributed by atoms with E-state index in [1.165, 1.54) is 0 Å². The van der Waals surface area contributed by atoms with E-state index < -0.39 is 11.8 Å². The molecule has 0 aliphatic carbocycles. The van der Waals surface area contributed by atoms with Crippen molar-refractivity contribution >= 4 is 33.7 Å². The zero-order valence-electron chi connectivity index (χ0n) is 15.1. The highest BCUT2D eigenvalue weighted by atomic mass is 79.9. The van der Waals surface area contributed by atoms with E-state index in [0.717, 1.165) is 10.0 Å². The average Bonchev–Trinajstić information content (AvgIpc) is 3.07. The molecule has 2 aromatic rings. The predicted octanol–water partition coefficient (Wildman–Crippen LogP) is 2.02. The molecule has 1 saturated heterocycles. The molecule has 3 rings (SSSR count). The van der Waals surface area contributed by atoms with Crippen LogP contribution in [0.4, 0.5) is 0 Å². The predicted molar refractivity (Wildman–Crippen MR) is 106 cm³/mol. The second kappa shape index (κ2) is 9.36. The number of carbonyl (C=O) groups excluding carboxylic acids is 3. The first-order valence-electron chi connectivity index (χ1n) is 8.80. The monoisotopic (exact) mass is 445 g/mol. The maximum Gasteiger partial charge on any atom is 0.276 e. The van der Waals surface area contributed by atoms with Crippen LogP contribution in [0.15, 0.2) is 59.1 Å². The van der Waals surface area contributed by atoms with Gasteiger partial charge in [-0.05, 0) is 29.8 Å². The Morgan fingerprint density at radius 1 is 1.07 bits per heavy atom. The molecule has 1 unspecified atom stereocenters. The molecule has 1 fully saturated rings. The third kappa shape index (κ3) is 5.56. The highest BCUT2D eigenvalue weighted by Crippen LogP contribution is 2.20. The maximum atomic E-state index is 12.3. The molecule has 0 bridgehead atoms. The molecule has 28 heavy (non-hydrogen) atoms. The van der Waals surface area contributed by atoms with Crippen molar-refractivity contribution in [2.75, 3.05) is 13.2 Å². The second-order valence-corrected chi connectivity index (χ2v) is 7.36. The molecule has 0 spiro atoms. The van der Waals surface area contributed by atoms with E-state index in [9.17, 15) is 14.4 Å². The molecule has 0 radical (unpaired) electrons. The highest BCUT2D eigenvalue weighted by molar-refractivity contribution is 9.10. The largest absolute Gasteiger partial charge is 0.484 e. The van der Waals surface area contributed by atoms with Crippen LogP contribution in [-0.4, -0.2) is 35.8 Å². The molecule has 2 N–H and O–H groups in total. The van der Waals surface area contributed by atoms with Gasteiger partial charge >= 0.3 is 0 Å². The van der Waals surface area contributed by atoms with Gasteiger partial charge in [-0.15, -0.1) is 0 Å². The van der Waals surface area contributed by atoms with Gasteiger partial charge in [-0.2, -0.15) is 0 Å². The summed E-state index contributed by atoms with van der Waals surface area (Å²) in [5.41, 5.74) is 5.70. The Morgan fingerprint density at radius 2 is 1.79 bits per heavy atom. The minimum absolute atomic E-state index is 0.0751. The number of hydrogen-bond acceptors (Lipinski definition) is 4. The quantitative estimate of drug-likeness (QED) is 0.665. The Balaban J connectivity index is 1.41. The smallest absolute Gasteiger partial charge is 0.276 e. The summed E-state index contributed by atoms with van der Waals surface area (Å²) in [6, 6.07) is 16.6. The van der Waals surface area contributed by atoms with Crippen LogP contribution in [0.2, 0.25) is 0 Å². The molecule has 146 valence electrons. The van der Waals surface area contributed by atoms with E-state index in [1.54, 1.807) is 29.2 Å². The Hall–Kier alpha value is -2.87. The van der Waals surface area contributed by atoms with Crippen molar-refractivity contribution in [1.82, 2.24) is 15.8 Å². The van der Waals surface area contributed by atoms with Crippen LogP contribution < -0.4 is 15.6 Å². The first-order valence-corrected chi connectivity index (χ1v) is 9.59. The highest BCUT2D eigenvalue weighted by Gasteiger charge is 2.34. The summed E-state index contributed by atoms with van der Waals surface area (Å²) in [6.45, 7) is 0.563. The Morgan fingerprint density at radius 3 is 2.50 bits per heavy atom. The molecule has 0 aromatic heterocycles. The third-order valence-electron chi connectivity index (χ3n) is 4.31. The summed E-state index contributed by atoms with van der Waals surface area (Å²) < 4.78 is 6.24. The number of ether oxygens (including phenoxy) is 1. The van der Waals surface area contributed by atoms with Gasteiger partial charge < -0.3 is 9.64 Å². The SMILES string of the molecule is O=C(COc1ccc(Br)cc1)NNC(=O)C1CC(=O)N(Cc2ccccc2)C1. The summed E-state index contributed by atoms with van der Waals surface area (Å²) in [5, 5.41) is 0. The molecular formula is C20H20BrN3O4. The standard InChI is InChI=1S/C20H20BrN3O4/c21-16-6-8-17(9-7-16)28-13-18(25)22-23-20(27)15-10-19(26)24(12-15)11-14-4-2-1-3-5-14/h1-9,15H,10-13H2,(H,22,25)(H,23,27). The van der Waals surface area contributed by atoms with Crippen molar-refractivity contribution in [1.29, 1.82) is 0 Å². The number of carbonyl (C=O) groups is 3. The summed E-state index contributed by atoms with van der Waals surface area (Å²) >= 11 is 3.32. The summed E-state index contributed by atoms with van der Waals surface area (Å²) in [6.07, 6.45) is 0.129. The van der Waals surface area contributed by atoms with Gasteiger partial charge in [0.15, 0.2) is 6.61 Å². The zero-order chi connectivity index (χ0) is 19.9. The van der Waals surface area contributed by atoms with Crippen LogP contribution in [-0.2, 0) is 20.9 Å². The molecule has 7 nitrogen and oxygen atoms in total. The number of halogens is 1. The summed E-state index contributed by atoms with van der Waals surface area (Å²) in [5.74, 6) is -0.900. The summed E-state index contributed by atoms with van der Waals surface area (Å²) in [4.78, 5) is 37.9. The zero-order valence-corrected chi connectivity index (χ0v) is 16.6. The number of nitrogens with one attached hydrogen (secondary N) is 2. The molecule has 8 heteroatoms. The minimum Gasteiger partial charge on any atom is -0.484 e. The number of nitrogens with zero attached hydrogens (tertiary/aromatic N) is 1. The average molecular weight is 446 g/mol. The molecule has 1 aliphatic heterocycles. The van der Waals surface area contributed by atoms with Crippen molar-refractivity contribution in [2.45, 2.75) is 13.0 Å². The first-order chi connectivity index (χ1) is 13.5. The van der Waals surface area contributed by atoms with E-state index in [-0.39, 0.29) is 24.8 Å². The Labute approximate surface area is 171 Å². The molecule has 1 heterocycles. The maximum absolute atomic E-state index is 12.3. The first kappa shape index (κ1) is 19.9. The van der Waals surface area contributed by atoms with Crippen LogP contribution in [0.25, 0.3) is 0 Å². The van der Waals surface area contributed by atoms with Gasteiger partial charge in [-0.25, -0.2) is 0 Å². The van der Waals surface area contributed by atoms with Gasteiger partial charge in [0.25, 0.3) is 5.91 Å². The van der Waals surface area contributed by atoms with Gasteiger partial charge in [0, 0.05) is 24.0 Å². The van der Waals surface area contributed by atoms with Crippen molar-refractivity contribution < 1.29 is 19.1 Å². The van der Waals surface area contributed by atoms with Gasteiger partial charge in [-0.3, -0.25) is 25.2 Å². The van der Waals surface area contributed by atoms with Gasteiger partial charge in [0.05, 0.1) is 5.92 Å². The lowest BCUT2D eigenvalue weighted by atomic mass is 10.1. The van der Waals surface area contributed by atoms with Gasteiger partial charge in [0.2, 0.25) is 11.8 Å². The van der Waals surface area contributed by atoms with Gasteiger partial charge in [-0.1, -0.05) is 46.3 Å². The van der Waals surface area contributed by atoms with E-state index in [1.807, 2.05) is 30.3 Å². The Kier molecular flexibility index (Phi) is 6.65. The number of benzene rings is 2. The number of amides is 3. The number of likely N-dealkylation sites (tertiary alicyclic amines) is 1. The van der Waals surface area contributed by atoms with Crippen molar-refractivity contribution in [2.24, 2.45) is 5.92 Å². The van der Waals surface area contributed by atoms with Crippen LogP contribution in [0.1, 0.15) is 12.0 Å². The van der Waals surface area contributed by atoms with E-state index in [0.29, 0.717) is 18.8 Å². The van der Waals surface area contributed by atoms with E-state index in [4.69, 9.17) is 4.74 Å². The lowest BCUT2D eigenvalue weighted by Gasteiger charge is -2.16. The minimum atomic E-state index is -0.496. The molecular weight excluding hydrogens is 426 g/mol. The van der Waals surface area contributed by atoms with Crippen molar-refractivity contribution in [3.63, 3.8) is 0 Å². The number of rotatable bonds is 6. The number of hydrazine groups is 1. The normalized spacial score (nSPS) is 16.0. The van der Waals surface area contributed by atoms with E-state index in [2.05, 4.69) is 26.8 Å². The van der Waals surface area contributed by atoms with E-state index >= 15 is 0 Å². The Bertz CT molecular complexity index is 842. The van der Waals surface area contributed by atoms with Crippen LogP contribution >= 0.6 is 15.9 Å². The van der Waals surface area contributed by atoms with Crippen molar-refractivity contribution in [3.8, 4) is 5.75 Å². The lowest BCUT2D eigenvalue weighted by molar-refractivity contribution is -0.132. The number of hydrogen-bond donors (Lipinski definition) is 2. The van der Waals surface area contributed by atoms with Gasteiger partial charge in [0.1, 0.15) is 5.75 Å². The molecule has 3 amide bonds. The van der Waals surface area contributed by atoms with Crippen molar-refractivity contribution in [3.05, 3.63) is 64.6 Å². The van der Waals surface area contributed by atoms with Crippen LogP contribution in [0.3, 0.4) is 0 Å². The van der Waals surface area contributed by atoms with Crippen LogP contribution in [0.5, 0.6) is 5.75 Å². The van der Waals surface area contributed by atoms with Crippen LogP contribution in [0, 0.1) is 5.92 Å². The molecule has 2 aromatic carbocycles. The topological polar surface area (TPSA) is 87.7 Å². The molecule has 1 aliphatic rings. The summed E-state index contributed by atoms with van der Waals surface area (Å²) in [7, 11) is 0. The molecule has 0 saturated carbocycles. The third-order valence-corrected chi connectivity index (χ3v) is 4.84. The second-order valence-electron chi connectivity index (χ2n) is 6.44.